The summed E-state index contributed by atoms with van der Waals surface area (Å²) in [5.41, 5.74) is 1.65. The van der Waals surface area contributed by atoms with E-state index in [1.165, 1.54) is 0 Å². The van der Waals surface area contributed by atoms with Crippen LogP contribution in [-0.4, -0.2) is 15.8 Å². The van der Waals surface area contributed by atoms with Crippen molar-refractivity contribution in [2.75, 3.05) is 0 Å². The maximum atomic E-state index is 12.8. The van der Waals surface area contributed by atoms with Crippen LogP contribution in [0.15, 0.2) is 71.6 Å². The summed E-state index contributed by atoms with van der Waals surface area (Å²) in [4.78, 5) is 18.7. The number of furan rings is 1. The van der Waals surface area contributed by atoms with Crippen LogP contribution in [0.1, 0.15) is 21.7 Å². The zero-order valence-corrected chi connectivity index (χ0v) is 14.5. The van der Waals surface area contributed by atoms with Gasteiger partial charge in [-0.05, 0) is 70.6 Å². The predicted molar refractivity (Wildman–Crippen MR) is 95.7 cm³/mol. The van der Waals surface area contributed by atoms with E-state index in [0.29, 0.717) is 18.7 Å². The Morgan fingerprint density at radius 2 is 1.91 bits per heavy atom. The van der Waals surface area contributed by atoms with Gasteiger partial charge in [-0.1, -0.05) is 6.07 Å². The Bertz CT molecular complexity index is 755. The number of aromatic nitrogens is 1. The van der Waals surface area contributed by atoms with Crippen LogP contribution in [0.25, 0.3) is 0 Å². The van der Waals surface area contributed by atoms with Gasteiger partial charge in [0, 0.05) is 28.1 Å². The summed E-state index contributed by atoms with van der Waals surface area (Å²) in [6, 6.07) is 15.1. The van der Waals surface area contributed by atoms with Crippen LogP contribution in [0.4, 0.5) is 0 Å². The topological polar surface area (TPSA) is 46.3 Å². The van der Waals surface area contributed by atoms with Gasteiger partial charge in [-0.25, -0.2) is 0 Å². The number of carbonyl (C=O) groups is 1. The molecule has 0 saturated heterocycles. The third-order valence-corrected chi connectivity index (χ3v) is 4.12. The largest absolute Gasteiger partial charge is 0.467 e. The van der Waals surface area contributed by atoms with E-state index in [1.54, 1.807) is 23.6 Å². The highest BCUT2D eigenvalue weighted by atomic mass is 127. The molecule has 4 nitrogen and oxygen atoms in total. The van der Waals surface area contributed by atoms with Crippen LogP contribution in [0.3, 0.4) is 0 Å². The molecule has 0 saturated carbocycles. The molecule has 3 aromatic rings. The standard InChI is InChI=1S/C18H15IN2O2/c19-16-7-5-15(6-8-16)18(22)21(13-17-4-2-10-23-17)12-14-3-1-9-20-11-14/h1-11H,12-13H2. The molecule has 0 aliphatic carbocycles. The van der Waals surface area contributed by atoms with Gasteiger partial charge in [0.2, 0.25) is 0 Å². The molecule has 0 fully saturated rings. The number of nitrogens with zero attached hydrogens (tertiary/aromatic N) is 2. The summed E-state index contributed by atoms with van der Waals surface area (Å²) in [7, 11) is 0. The van der Waals surface area contributed by atoms with E-state index in [2.05, 4.69) is 27.6 Å². The van der Waals surface area contributed by atoms with E-state index in [0.717, 1.165) is 14.9 Å². The van der Waals surface area contributed by atoms with Gasteiger partial charge in [-0.3, -0.25) is 9.78 Å². The zero-order chi connectivity index (χ0) is 16.1. The minimum Gasteiger partial charge on any atom is -0.467 e. The van der Waals surface area contributed by atoms with Crippen molar-refractivity contribution >= 4 is 28.5 Å². The molecular formula is C18H15IN2O2. The molecular weight excluding hydrogens is 403 g/mol. The van der Waals surface area contributed by atoms with Crippen molar-refractivity contribution in [1.29, 1.82) is 0 Å². The maximum absolute atomic E-state index is 12.8. The minimum absolute atomic E-state index is 0.0262. The van der Waals surface area contributed by atoms with E-state index < -0.39 is 0 Å². The van der Waals surface area contributed by atoms with Crippen molar-refractivity contribution in [3.05, 3.63) is 87.6 Å². The Hall–Kier alpha value is -2.15. The second kappa shape index (κ2) is 7.41. The van der Waals surface area contributed by atoms with Gasteiger partial charge in [0.05, 0.1) is 12.8 Å². The number of hydrogen-bond acceptors (Lipinski definition) is 3. The predicted octanol–water partition coefficient (Wildman–Crippen LogP) is 4.12. The molecule has 0 aliphatic rings. The number of amides is 1. The fraction of sp³-hybridized carbons (Fsp3) is 0.111. The second-order valence-electron chi connectivity index (χ2n) is 5.11. The number of benzene rings is 1. The van der Waals surface area contributed by atoms with Crippen LogP contribution < -0.4 is 0 Å². The molecule has 0 aliphatic heterocycles. The third-order valence-electron chi connectivity index (χ3n) is 3.40. The molecule has 0 radical (unpaired) electrons. The van der Waals surface area contributed by atoms with Gasteiger partial charge in [0.15, 0.2) is 0 Å². The van der Waals surface area contributed by atoms with E-state index >= 15 is 0 Å². The van der Waals surface area contributed by atoms with Crippen LogP contribution in [0.5, 0.6) is 0 Å². The van der Waals surface area contributed by atoms with Crippen molar-refractivity contribution in [3.63, 3.8) is 0 Å². The fourth-order valence-electron chi connectivity index (χ4n) is 2.28. The number of pyridine rings is 1. The van der Waals surface area contributed by atoms with E-state index in [1.807, 2.05) is 48.5 Å². The van der Waals surface area contributed by atoms with E-state index in [9.17, 15) is 4.79 Å². The quantitative estimate of drug-likeness (QED) is 0.586. The normalized spacial score (nSPS) is 10.5. The Morgan fingerprint density at radius 3 is 2.57 bits per heavy atom. The molecule has 0 unspecified atom stereocenters. The summed E-state index contributed by atoms with van der Waals surface area (Å²) in [5, 5.41) is 0. The van der Waals surface area contributed by atoms with Crippen molar-refractivity contribution in [2.24, 2.45) is 0 Å². The first-order valence-electron chi connectivity index (χ1n) is 7.18. The second-order valence-corrected chi connectivity index (χ2v) is 6.35. The van der Waals surface area contributed by atoms with Crippen molar-refractivity contribution in [3.8, 4) is 0 Å². The zero-order valence-electron chi connectivity index (χ0n) is 12.4. The van der Waals surface area contributed by atoms with Crippen molar-refractivity contribution in [1.82, 2.24) is 9.88 Å². The maximum Gasteiger partial charge on any atom is 0.254 e. The number of halogens is 1. The first-order valence-corrected chi connectivity index (χ1v) is 8.26. The number of rotatable bonds is 5. The van der Waals surface area contributed by atoms with Gasteiger partial charge in [0.1, 0.15) is 5.76 Å². The Kier molecular flexibility index (Phi) is 5.07. The molecule has 116 valence electrons. The van der Waals surface area contributed by atoms with Gasteiger partial charge < -0.3 is 9.32 Å². The van der Waals surface area contributed by atoms with Crippen LogP contribution in [0.2, 0.25) is 0 Å². The summed E-state index contributed by atoms with van der Waals surface area (Å²) in [6.45, 7) is 0.909. The molecule has 3 rings (SSSR count). The fourth-order valence-corrected chi connectivity index (χ4v) is 2.64. The lowest BCUT2D eigenvalue weighted by molar-refractivity contribution is 0.0717. The average molecular weight is 418 g/mol. The van der Waals surface area contributed by atoms with Crippen molar-refractivity contribution < 1.29 is 9.21 Å². The molecule has 23 heavy (non-hydrogen) atoms. The molecule has 0 bridgehead atoms. The van der Waals surface area contributed by atoms with Gasteiger partial charge in [0.25, 0.3) is 5.91 Å². The molecule has 1 aromatic carbocycles. The highest BCUT2D eigenvalue weighted by Gasteiger charge is 2.17. The molecule has 2 aromatic heterocycles. The summed E-state index contributed by atoms with van der Waals surface area (Å²) >= 11 is 2.23. The third kappa shape index (κ3) is 4.19. The summed E-state index contributed by atoms with van der Waals surface area (Å²) in [5.74, 6) is 0.731. The average Bonchev–Trinajstić information content (AvgIpc) is 3.08. The number of hydrogen-bond donors (Lipinski definition) is 0. The molecule has 5 heteroatoms. The SMILES string of the molecule is O=C(c1ccc(I)cc1)N(Cc1cccnc1)Cc1ccco1. The summed E-state index contributed by atoms with van der Waals surface area (Å²) in [6.07, 6.45) is 5.12. The molecule has 0 N–H and O–H groups in total. The molecule has 0 atom stereocenters. The number of carbonyl (C=O) groups excluding carboxylic acids is 1. The van der Waals surface area contributed by atoms with Gasteiger partial charge in [-0.2, -0.15) is 0 Å². The summed E-state index contributed by atoms with van der Waals surface area (Å²) < 4.78 is 6.50. The van der Waals surface area contributed by atoms with Crippen LogP contribution >= 0.6 is 22.6 Å². The van der Waals surface area contributed by atoms with Crippen LogP contribution in [0, 0.1) is 3.57 Å². The Labute approximate surface area is 148 Å². The minimum atomic E-state index is -0.0262. The highest BCUT2D eigenvalue weighted by molar-refractivity contribution is 14.1. The van der Waals surface area contributed by atoms with Gasteiger partial charge >= 0.3 is 0 Å². The monoisotopic (exact) mass is 418 g/mol. The Morgan fingerprint density at radius 1 is 1.09 bits per heavy atom. The molecule has 1 amide bonds. The van der Waals surface area contributed by atoms with Crippen LogP contribution in [-0.2, 0) is 13.1 Å². The Balaban J connectivity index is 1.84. The lowest BCUT2D eigenvalue weighted by Crippen LogP contribution is -2.30. The highest BCUT2D eigenvalue weighted by Crippen LogP contribution is 2.15. The first-order chi connectivity index (χ1) is 11.2. The van der Waals surface area contributed by atoms with E-state index in [-0.39, 0.29) is 5.91 Å². The van der Waals surface area contributed by atoms with Gasteiger partial charge in [-0.15, -0.1) is 0 Å². The smallest absolute Gasteiger partial charge is 0.254 e. The molecule has 0 spiro atoms. The van der Waals surface area contributed by atoms with E-state index in [4.69, 9.17) is 4.42 Å². The lowest BCUT2D eigenvalue weighted by atomic mass is 10.1. The first kappa shape index (κ1) is 15.7. The van der Waals surface area contributed by atoms with Crippen molar-refractivity contribution in [2.45, 2.75) is 13.1 Å². The lowest BCUT2D eigenvalue weighted by Gasteiger charge is -2.22. The molecule has 2 heterocycles.